The van der Waals surface area contributed by atoms with E-state index in [0.717, 1.165) is 0 Å². The molecule has 0 aromatic heterocycles. The molecule has 0 unspecified atom stereocenters. The summed E-state index contributed by atoms with van der Waals surface area (Å²) < 4.78 is 9.59. The van der Waals surface area contributed by atoms with Gasteiger partial charge in [0.1, 0.15) is 17.1 Å². The van der Waals surface area contributed by atoms with Crippen molar-refractivity contribution in [1.29, 1.82) is 0 Å². The predicted molar refractivity (Wildman–Crippen MR) is 56.0 cm³/mol. The highest BCUT2D eigenvalue weighted by atomic mass is 16.5. The van der Waals surface area contributed by atoms with Crippen molar-refractivity contribution in [3.8, 4) is 11.5 Å². The SMILES string of the molecule is CCOC(=O)c1c(O)cc(OC)cc1C=O. The number of benzene rings is 1. The number of carbonyl (C=O) groups is 2. The van der Waals surface area contributed by atoms with Crippen LogP contribution >= 0.6 is 0 Å². The van der Waals surface area contributed by atoms with Gasteiger partial charge in [-0.3, -0.25) is 4.79 Å². The van der Waals surface area contributed by atoms with Crippen LogP contribution in [-0.4, -0.2) is 31.1 Å². The van der Waals surface area contributed by atoms with Gasteiger partial charge in [-0.05, 0) is 13.0 Å². The fourth-order valence-electron chi connectivity index (χ4n) is 1.26. The molecule has 0 amide bonds. The maximum Gasteiger partial charge on any atom is 0.342 e. The summed E-state index contributed by atoms with van der Waals surface area (Å²) in [6.45, 7) is 1.81. The Bertz CT molecular complexity index is 411. The van der Waals surface area contributed by atoms with E-state index in [9.17, 15) is 14.7 Å². The molecule has 0 aliphatic heterocycles. The van der Waals surface area contributed by atoms with E-state index in [1.165, 1.54) is 19.2 Å². The maximum absolute atomic E-state index is 11.5. The summed E-state index contributed by atoms with van der Waals surface area (Å²) in [5.41, 5.74) is -0.104. The maximum atomic E-state index is 11.5. The molecule has 16 heavy (non-hydrogen) atoms. The summed E-state index contributed by atoms with van der Waals surface area (Å²) in [5.74, 6) is -0.766. The van der Waals surface area contributed by atoms with E-state index in [2.05, 4.69) is 0 Å². The molecule has 0 bridgehead atoms. The number of methoxy groups -OCH3 is 1. The standard InChI is InChI=1S/C11H12O5/c1-3-16-11(14)10-7(6-12)4-8(15-2)5-9(10)13/h4-6,13H,3H2,1-2H3. The van der Waals surface area contributed by atoms with Gasteiger partial charge < -0.3 is 14.6 Å². The Morgan fingerprint density at radius 2 is 2.19 bits per heavy atom. The third-order valence-corrected chi connectivity index (χ3v) is 1.96. The highest BCUT2D eigenvalue weighted by molar-refractivity contribution is 6.01. The van der Waals surface area contributed by atoms with Gasteiger partial charge in [-0.1, -0.05) is 0 Å². The average molecular weight is 224 g/mol. The summed E-state index contributed by atoms with van der Waals surface area (Å²) in [4.78, 5) is 22.2. The van der Waals surface area contributed by atoms with Crippen LogP contribution in [0.15, 0.2) is 12.1 Å². The number of rotatable bonds is 4. The minimum Gasteiger partial charge on any atom is -0.507 e. The zero-order valence-corrected chi connectivity index (χ0v) is 9.02. The lowest BCUT2D eigenvalue weighted by molar-refractivity contribution is 0.0521. The van der Waals surface area contributed by atoms with E-state index in [4.69, 9.17) is 9.47 Å². The lowest BCUT2D eigenvalue weighted by Gasteiger charge is -2.08. The van der Waals surface area contributed by atoms with Crippen LogP contribution < -0.4 is 4.74 Å². The van der Waals surface area contributed by atoms with E-state index in [-0.39, 0.29) is 23.5 Å². The normalized spacial score (nSPS) is 9.62. The van der Waals surface area contributed by atoms with Gasteiger partial charge >= 0.3 is 5.97 Å². The molecule has 0 heterocycles. The molecule has 0 aliphatic rings. The second-order valence-corrected chi connectivity index (χ2v) is 2.95. The fourth-order valence-corrected chi connectivity index (χ4v) is 1.26. The highest BCUT2D eigenvalue weighted by Gasteiger charge is 2.18. The summed E-state index contributed by atoms with van der Waals surface area (Å²) in [5, 5.41) is 9.59. The van der Waals surface area contributed by atoms with Crippen LogP contribution in [-0.2, 0) is 4.74 Å². The molecule has 0 aliphatic carbocycles. The Labute approximate surface area is 92.6 Å². The van der Waals surface area contributed by atoms with Crippen LogP contribution in [0.3, 0.4) is 0 Å². The van der Waals surface area contributed by atoms with E-state index in [1.807, 2.05) is 0 Å². The van der Waals surface area contributed by atoms with Gasteiger partial charge in [0.15, 0.2) is 6.29 Å². The smallest absolute Gasteiger partial charge is 0.342 e. The molecular weight excluding hydrogens is 212 g/mol. The fraction of sp³-hybridized carbons (Fsp3) is 0.273. The molecule has 86 valence electrons. The number of ether oxygens (including phenoxy) is 2. The third kappa shape index (κ3) is 2.31. The summed E-state index contributed by atoms with van der Waals surface area (Å²) in [6, 6.07) is 2.61. The van der Waals surface area contributed by atoms with Crippen LogP contribution in [0, 0.1) is 0 Å². The quantitative estimate of drug-likeness (QED) is 0.618. The summed E-state index contributed by atoms with van der Waals surface area (Å²) in [6.07, 6.45) is 0.467. The Morgan fingerprint density at radius 3 is 2.69 bits per heavy atom. The van der Waals surface area contributed by atoms with Gasteiger partial charge in [-0.2, -0.15) is 0 Å². The number of hydrogen-bond acceptors (Lipinski definition) is 5. The second kappa shape index (κ2) is 5.16. The van der Waals surface area contributed by atoms with Crippen LogP contribution in [0.4, 0.5) is 0 Å². The third-order valence-electron chi connectivity index (χ3n) is 1.96. The van der Waals surface area contributed by atoms with E-state index >= 15 is 0 Å². The van der Waals surface area contributed by atoms with Gasteiger partial charge in [0, 0.05) is 11.6 Å². The number of aromatic hydroxyl groups is 1. The van der Waals surface area contributed by atoms with Crippen molar-refractivity contribution in [3.05, 3.63) is 23.3 Å². The molecule has 1 rings (SSSR count). The van der Waals surface area contributed by atoms with Gasteiger partial charge in [0.2, 0.25) is 0 Å². The molecule has 5 nitrogen and oxygen atoms in total. The molecule has 0 saturated heterocycles. The first-order valence-corrected chi connectivity index (χ1v) is 4.67. The topological polar surface area (TPSA) is 72.8 Å². The Kier molecular flexibility index (Phi) is 3.88. The Balaban J connectivity index is 3.26. The number of esters is 1. The van der Waals surface area contributed by atoms with Crippen LogP contribution in [0.5, 0.6) is 11.5 Å². The van der Waals surface area contributed by atoms with Crippen molar-refractivity contribution in [3.63, 3.8) is 0 Å². The predicted octanol–water partition coefficient (Wildman–Crippen LogP) is 1.39. The molecule has 1 N–H and O–H groups in total. The van der Waals surface area contributed by atoms with Crippen molar-refractivity contribution in [2.24, 2.45) is 0 Å². The van der Waals surface area contributed by atoms with Crippen molar-refractivity contribution in [2.45, 2.75) is 6.92 Å². The molecule has 0 atom stereocenters. The number of phenols is 1. The first kappa shape index (κ1) is 12.0. The zero-order chi connectivity index (χ0) is 12.1. The van der Waals surface area contributed by atoms with E-state index in [0.29, 0.717) is 12.0 Å². The number of aldehydes is 1. The van der Waals surface area contributed by atoms with Gasteiger partial charge in [0.25, 0.3) is 0 Å². The summed E-state index contributed by atoms with van der Waals surface area (Å²) >= 11 is 0. The average Bonchev–Trinajstić information content (AvgIpc) is 2.27. The molecule has 0 radical (unpaired) electrons. The van der Waals surface area contributed by atoms with E-state index in [1.54, 1.807) is 6.92 Å². The zero-order valence-electron chi connectivity index (χ0n) is 9.02. The van der Waals surface area contributed by atoms with Crippen molar-refractivity contribution >= 4 is 12.3 Å². The lowest BCUT2D eigenvalue weighted by atomic mass is 10.1. The molecule has 0 saturated carbocycles. The summed E-state index contributed by atoms with van der Waals surface area (Å²) in [7, 11) is 1.40. The van der Waals surface area contributed by atoms with Gasteiger partial charge in [-0.25, -0.2) is 4.79 Å². The Morgan fingerprint density at radius 1 is 1.50 bits per heavy atom. The first-order chi connectivity index (χ1) is 7.63. The van der Waals surface area contributed by atoms with Crippen molar-refractivity contribution < 1.29 is 24.2 Å². The number of carbonyl (C=O) groups excluding carboxylic acids is 2. The van der Waals surface area contributed by atoms with Crippen LogP contribution in [0.1, 0.15) is 27.6 Å². The van der Waals surface area contributed by atoms with E-state index < -0.39 is 5.97 Å². The highest BCUT2D eigenvalue weighted by Crippen LogP contribution is 2.27. The van der Waals surface area contributed by atoms with Crippen LogP contribution in [0.2, 0.25) is 0 Å². The lowest BCUT2D eigenvalue weighted by Crippen LogP contribution is -2.08. The van der Waals surface area contributed by atoms with Crippen LogP contribution in [0.25, 0.3) is 0 Å². The molecule has 1 aromatic rings. The Hall–Kier alpha value is -2.04. The second-order valence-electron chi connectivity index (χ2n) is 2.95. The molecule has 0 fully saturated rings. The first-order valence-electron chi connectivity index (χ1n) is 4.67. The van der Waals surface area contributed by atoms with Crippen molar-refractivity contribution in [1.82, 2.24) is 0 Å². The van der Waals surface area contributed by atoms with Gasteiger partial charge in [-0.15, -0.1) is 0 Å². The number of phenolic OH excluding ortho intramolecular Hbond substituents is 1. The minimum atomic E-state index is -0.732. The van der Waals surface area contributed by atoms with Gasteiger partial charge in [0.05, 0.1) is 13.7 Å². The minimum absolute atomic E-state index is 0.0373. The van der Waals surface area contributed by atoms with Crippen molar-refractivity contribution in [2.75, 3.05) is 13.7 Å². The monoisotopic (exact) mass is 224 g/mol. The molecular formula is C11H12O5. The number of hydrogen-bond donors (Lipinski definition) is 1. The molecule has 1 aromatic carbocycles. The molecule has 5 heteroatoms. The largest absolute Gasteiger partial charge is 0.507 e. The molecule has 0 spiro atoms.